The van der Waals surface area contributed by atoms with Crippen LogP contribution in [0.2, 0.25) is 0 Å². The SMILES string of the molecule is c1ccc2c(-c3c4ccccc4c(-c4ccc5oc6c(-c7cc8c9cc%10oc%11ccccc%11c%10cc9oc8c8ccccc78)cccc6c5c4)c4ccccc34)cccc2c1. The Morgan fingerprint density at radius 2 is 0.738 bits per heavy atom. The Labute approximate surface area is 348 Å². The lowest BCUT2D eigenvalue weighted by atomic mass is 9.84. The van der Waals surface area contributed by atoms with Crippen molar-refractivity contribution in [3.63, 3.8) is 0 Å². The van der Waals surface area contributed by atoms with Gasteiger partial charge in [0.05, 0.1) is 0 Å². The second-order valence-electron chi connectivity index (χ2n) is 16.3. The standard InChI is InChI=1S/C58H32O3/c1-2-15-35-33(13-1)14-11-23-38(35)56-41-20-6-4-18-39(41)55(40-19-5-7-21-42(40)56)34-27-28-52-47(29-34)45-25-12-24-44(57(45)60-52)46-30-50-49-32-53-48(37-17-9-10-26-51(37)59-53)31-54(49)61-58(50)43-22-8-3-16-36(43)46/h1-32H. The van der Waals surface area contributed by atoms with Crippen LogP contribution >= 0.6 is 0 Å². The Morgan fingerprint density at radius 1 is 0.230 bits per heavy atom. The van der Waals surface area contributed by atoms with E-state index in [4.69, 9.17) is 13.3 Å². The molecule has 0 aliphatic heterocycles. The molecule has 14 aromatic rings. The second-order valence-corrected chi connectivity index (χ2v) is 16.3. The quantitative estimate of drug-likeness (QED) is 0.168. The van der Waals surface area contributed by atoms with Crippen LogP contribution in [0.25, 0.3) is 142 Å². The van der Waals surface area contributed by atoms with Crippen LogP contribution in [-0.4, -0.2) is 0 Å². The van der Waals surface area contributed by atoms with Crippen molar-refractivity contribution in [1.82, 2.24) is 0 Å². The maximum Gasteiger partial charge on any atom is 0.143 e. The summed E-state index contributed by atoms with van der Waals surface area (Å²) in [5.41, 5.74) is 12.2. The first kappa shape index (κ1) is 32.8. The average molecular weight is 777 g/mol. The van der Waals surface area contributed by atoms with Crippen molar-refractivity contribution in [3.8, 4) is 33.4 Å². The van der Waals surface area contributed by atoms with Gasteiger partial charge in [-0.1, -0.05) is 158 Å². The fourth-order valence-corrected chi connectivity index (χ4v) is 10.4. The van der Waals surface area contributed by atoms with Gasteiger partial charge in [-0.25, -0.2) is 0 Å². The van der Waals surface area contributed by atoms with Crippen LogP contribution < -0.4 is 0 Å². The zero-order chi connectivity index (χ0) is 39.8. The molecule has 0 saturated carbocycles. The van der Waals surface area contributed by atoms with Gasteiger partial charge in [0.15, 0.2) is 0 Å². The number of hydrogen-bond acceptors (Lipinski definition) is 3. The maximum absolute atomic E-state index is 6.90. The summed E-state index contributed by atoms with van der Waals surface area (Å²) in [6.45, 7) is 0. The molecule has 0 bridgehead atoms. The largest absolute Gasteiger partial charge is 0.456 e. The highest BCUT2D eigenvalue weighted by Gasteiger charge is 2.22. The van der Waals surface area contributed by atoms with Gasteiger partial charge < -0.3 is 13.3 Å². The molecule has 0 spiro atoms. The van der Waals surface area contributed by atoms with E-state index in [-0.39, 0.29) is 0 Å². The van der Waals surface area contributed by atoms with Gasteiger partial charge in [-0.15, -0.1) is 0 Å². The summed E-state index contributed by atoms with van der Waals surface area (Å²) in [6.07, 6.45) is 0. The second kappa shape index (κ2) is 12.2. The molecule has 3 aromatic heterocycles. The molecule has 61 heavy (non-hydrogen) atoms. The highest BCUT2D eigenvalue weighted by molar-refractivity contribution is 6.26. The van der Waals surface area contributed by atoms with Crippen molar-refractivity contribution in [2.45, 2.75) is 0 Å². The summed E-state index contributed by atoms with van der Waals surface area (Å²) in [4.78, 5) is 0. The van der Waals surface area contributed by atoms with E-state index in [0.717, 1.165) is 93.3 Å². The molecule has 0 aliphatic carbocycles. The molecule has 282 valence electrons. The Bertz CT molecular complexity index is 4110. The Morgan fingerprint density at radius 3 is 1.52 bits per heavy atom. The van der Waals surface area contributed by atoms with Gasteiger partial charge in [-0.2, -0.15) is 0 Å². The number of furan rings is 3. The first-order valence-corrected chi connectivity index (χ1v) is 20.8. The van der Waals surface area contributed by atoms with Crippen molar-refractivity contribution in [3.05, 3.63) is 194 Å². The van der Waals surface area contributed by atoms with E-state index >= 15 is 0 Å². The summed E-state index contributed by atoms with van der Waals surface area (Å²) in [5.74, 6) is 0. The summed E-state index contributed by atoms with van der Waals surface area (Å²) < 4.78 is 20.0. The highest BCUT2D eigenvalue weighted by Crippen LogP contribution is 2.48. The van der Waals surface area contributed by atoms with E-state index in [1.807, 2.05) is 18.2 Å². The van der Waals surface area contributed by atoms with Crippen molar-refractivity contribution < 1.29 is 13.3 Å². The monoisotopic (exact) mass is 776 g/mol. The van der Waals surface area contributed by atoms with Gasteiger partial charge >= 0.3 is 0 Å². The number of hydrogen-bond donors (Lipinski definition) is 0. The number of fused-ring (bicyclic) bond motifs is 14. The van der Waals surface area contributed by atoms with Gasteiger partial charge in [0.2, 0.25) is 0 Å². The van der Waals surface area contributed by atoms with Crippen LogP contribution in [0.15, 0.2) is 207 Å². The van der Waals surface area contributed by atoms with Crippen molar-refractivity contribution in [1.29, 1.82) is 0 Å². The number of rotatable bonds is 3. The normalized spacial score (nSPS) is 12.3. The first-order chi connectivity index (χ1) is 30.2. The molecule has 0 radical (unpaired) electrons. The van der Waals surface area contributed by atoms with Gasteiger partial charge in [0, 0.05) is 43.3 Å². The van der Waals surface area contributed by atoms with Crippen LogP contribution in [0.5, 0.6) is 0 Å². The zero-order valence-corrected chi connectivity index (χ0v) is 32.7. The molecule has 0 atom stereocenters. The minimum atomic E-state index is 0.844. The molecule has 0 amide bonds. The summed E-state index contributed by atoms with van der Waals surface area (Å²) >= 11 is 0. The molecular formula is C58H32O3. The molecule has 0 N–H and O–H groups in total. The highest BCUT2D eigenvalue weighted by atomic mass is 16.3. The van der Waals surface area contributed by atoms with Gasteiger partial charge in [0.1, 0.15) is 33.5 Å². The maximum atomic E-state index is 6.90. The third kappa shape index (κ3) is 4.58. The van der Waals surface area contributed by atoms with E-state index in [1.165, 1.54) is 49.0 Å². The van der Waals surface area contributed by atoms with Crippen molar-refractivity contribution in [2.75, 3.05) is 0 Å². The first-order valence-electron chi connectivity index (χ1n) is 20.8. The summed E-state index contributed by atoms with van der Waals surface area (Å²) in [7, 11) is 0. The lowest BCUT2D eigenvalue weighted by Gasteiger charge is -2.18. The van der Waals surface area contributed by atoms with Crippen molar-refractivity contribution in [2.24, 2.45) is 0 Å². The zero-order valence-electron chi connectivity index (χ0n) is 32.7. The summed E-state index contributed by atoms with van der Waals surface area (Å²) in [6, 6.07) is 69.7. The molecule has 3 nitrogen and oxygen atoms in total. The molecule has 0 fully saturated rings. The van der Waals surface area contributed by atoms with E-state index in [9.17, 15) is 0 Å². The average Bonchev–Trinajstić information content (AvgIpc) is 4.00. The molecule has 11 aromatic carbocycles. The fourth-order valence-electron chi connectivity index (χ4n) is 10.4. The van der Waals surface area contributed by atoms with Crippen LogP contribution in [0, 0.1) is 0 Å². The summed E-state index contributed by atoms with van der Waals surface area (Å²) in [5, 5.41) is 16.0. The van der Waals surface area contributed by atoms with Crippen LogP contribution in [0.3, 0.4) is 0 Å². The molecule has 3 heteroatoms. The van der Waals surface area contributed by atoms with Crippen LogP contribution in [0.4, 0.5) is 0 Å². The van der Waals surface area contributed by atoms with E-state index in [0.29, 0.717) is 0 Å². The lowest BCUT2D eigenvalue weighted by Crippen LogP contribution is -1.91. The van der Waals surface area contributed by atoms with E-state index < -0.39 is 0 Å². The third-order valence-corrected chi connectivity index (χ3v) is 13.0. The third-order valence-electron chi connectivity index (χ3n) is 13.0. The topological polar surface area (TPSA) is 39.4 Å². The Hall–Kier alpha value is -8.14. The predicted octanol–water partition coefficient (Wildman–Crippen LogP) is 17.0. The molecule has 0 unspecified atom stereocenters. The minimum Gasteiger partial charge on any atom is -0.456 e. The van der Waals surface area contributed by atoms with E-state index in [2.05, 4.69) is 176 Å². The lowest BCUT2D eigenvalue weighted by molar-refractivity contribution is 0.665. The smallest absolute Gasteiger partial charge is 0.143 e. The Balaban J connectivity index is 0.996. The molecule has 3 heterocycles. The van der Waals surface area contributed by atoms with Gasteiger partial charge in [-0.05, 0) is 102 Å². The molecule has 14 rings (SSSR count). The number of benzene rings is 11. The fraction of sp³-hybridized carbons (Fsp3) is 0. The molecule has 0 aliphatic rings. The Kier molecular flexibility index (Phi) is 6.56. The van der Waals surface area contributed by atoms with E-state index in [1.54, 1.807) is 0 Å². The van der Waals surface area contributed by atoms with Crippen molar-refractivity contribution >= 4 is 109 Å². The molecular weight excluding hydrogens is 745 g/mol. The number of para-hydroxylation sites is 2. The van der Waals surface area contributed by atoms with Gasteiger partial charge in [-0.3, -0.25) is 0 Å². The van der Waals surface area contributed by atoms with Gasteiger partial charge in [0.25, 0.3) is 0 Å². The molecule has 0 saturated heterocycles. The predicted molar refractivity (Wildman–Crippen MR) is 255 cm³/mol. The van der Waals surface area contributed by atoms with Crippen LogP contribution in [0.1, 0.15) is 0 Å². The minimum absolute atomic E-state index is 0.844. The van der Waals surface area contributed by atoms with Crippen LogP contribution in [-0.2, 0) is 0 Å².